The molecule has 0 radical (unpaired) electrons. The van der Waals surface area contributed by atoms with E-state index in [1.54, 1.807) is 0 Å². The Kier molecular flexibility index (Phi) is 2.46. The van der Waals surface area contributed by atoms with Gasteiger partial charge in [0.15, 0.2) is 0 Å². The van der Waals surface area contributed by atoms with Crippen molar-refractivity contribution in [3.8, 4) is 0 Å². The maximum atomic E-state index is 9.55. The summed E-state index contributed by atoms with van der Waals surface area (Å²) in [4.78, 5) is 7.37. The van der Waals surface area contributed by atoms with E-state index in [0.29, 0.717) is 5.82 Å². The van der Waals surface area contributed by atoms with E-state index in [4.69, 9.17) is 5.73 Å². The predicted octanol–water partition coefficient (Wildman–Crippen LogP) is 1.17. The van der Waals surface area contributed by atoms with Crippen LogP contribution in [0.25, 0.3) is 11.0 Å². The van der Waals surface area contributed by atoms with E-state index in [0.717, 1.165) is 11.0 Å². The highest BCUT2D eigenvalue weighted by Gasteiger charge is 2.11. The minimum absolute atomic E-state index is 0.178. The summed E-state index contributed by atoms with van der Waals surface area (Å²) >= 11 is 0. The largest absolute Gasteiger partial charge is 0.384 e. The number of hydrogen-bond donors (Lipinski definition) is 3. The highest BCUT2D eigenvalue weighted by molar-refractivity contribution is 5.77. The van der Waals surface area contributed by atoms with Gasteiger partial charge in [-0.2, -0.15) is 0 Å². The molecule has 80 valence electrons. The van der Waals surface area contributed by atoms with Crippen LogP contribution < -0.4 is 5.73 Å². The monoisotopic (exact) mass is 205 g/mol. The molecule has 1 aromatic heterocycles. The van der Waals surface area contributed by atoms with Crippen molar-refractivity contribution < 1.29 is 5.11 Å². The Morgan fingerprint density at radius 2 is 2.07 bits per heavy atom. The van der Waals surface area contributed by atoms with Gasteiger partial charge in [-0.3, -0.25) is 0 Å². The van der Waals surface area contributed by atoms with Gasteiger partial charge in [-0.05, 0) is 37.1 Å². The van der Waals surface area contributed by atoms with Crippen molar-refractivity contribution in [2.45, 2.75) is 20.0 Å². The van der Waals surface area contributed by atoms with E-state index in [1.165, 1.54) is 11.1 Å². The molecule has 0 saturated heterocycles. The van der Waals surface area contributed by atoms with Crippen molar-refractivity contribution in [3.63, 3.8) is 0 Å². The van der Waals surface area contributed by atoms with Crippen molar-refractivity contribution in [1.82, 2.24) is 9.97 Å². The second kappa shape index (κ2) is 3.64. The molecule has 1 aromatic carbocycles. The summed E-state index contributed by atoms with van der Waals surface area (Å²) in [5.74, 6) is 0.539. The van der Waals surface area contributed by atoms with Gasteiger partial charge in [-0.1, -0.05) is 0 Å². The molecule has 4 N–H and O–H groups in total. The Labute approximate surface area is 88.1 Å². The fourth-order valence-electron chi connectivity index (χ4n) is 1.56. The first kappa shape index (κ1) is 10.1. The number of rotatable bonds is 2. The number of nitrogens with zero attached hydrogens (tertiary/aromatic N) is 1. The van der Waals surface area contributed by atoms with Gasteiger partial charge in [-0.15, -0.1) is 0 Å². The minimum atomic E-state index is -0.710. The molecule has 4 heteroatoms. The number of aromatic nitrogens is 2. The van der Waals surface area contributed by atoms with Crippen LogP contribution >= 0.6 is 0 Å². The van der Waals surface area contributed by atoms with Crippen molar-refractivity contribution in [3.05, 3.63) is 29.1 Å². The number of H-pyrrole nitrogens is 1. The average Bonchev–Trinajstić information content (AvgIpc) is 2.60. The lowest BCUT2D eigenvalue weighted by atomic mass is 10.1. The van der Waals surface area contributed by atoms with Gasteiger partial charge >= 0.3 is 0 Å². The highest BCUT2D eigenvalue weighted by atomic mass is 16.3. The second-order valence-electron chi connectivity index (χ2n) is 3.83. The molecule has 1 unspecified atom stereocenters. The maximum absolute atomic E-state index is 9.55. The third-order valence-electron chi connectivity index (χ3n) is 2.65. The zero-order chi connectivity index (χ0) is 11.0. The first-order chi connectivity index (χ1) is 7.11. The normalized spacial score (nSPS) is 13.3. The first-order valence-corrected chi connectivity index (χ1v) is 4.97. The molecule has 2 aromatic rings. The fourth-order valence-corrected chi connectivity index (χ4v) is 1.56. The number of aromatic amines is 1. The Balaban J connectivity index is 2.56. The molecule has 4 nitrogen and oxygen atoms in total. The van der Waals surface area contributed by atoms with Crippen LogP contribution in [0.2, 0.25) is 0 Å². The summed E-state index contributed by atoms with van der Waals surface area (Å²) in [6.45, 7) is 4.27. The standard InChI is InChI=1S/C11H15N3O/c1-6-3-8-9(4-7(6)2)14-11(13-8)10(15)5-12/h3-4,10,15H,5,12H2,1-2H3,(H,13,14). The molecule has 0 aliphatic rings. The molecule has 1 atom stereocenters. The number of aliphatic hydroxyl groups is 1. The summed E-state index contributed by atoms with van der Waals surface area (Å²) in [5.41, 5.74) is 9.60. The minimum Gasteiger partial charge on any atom is -0.384 e. The summed E-state index contributed by atoms with van der Waals surface area (Å²) in [5, 5.41) is 9.55. The number of fused-ring (bicyclic) bond motifs is 1. The van der Waals surface area contributed by atoms with E-state index >= 15 is 0 Å². The Morgan fingerprint density at radius 1 is 1.40 bits per heavy atom. The van der Waals surface area contributed by atoms with Crippen molar-refractivity contribution in [2.24, 2.45) is 5.73 Å². The molecule has 0 spiro atoms. The average molecular weight is 205 g/mol. The lowest BCUT2D eigenvalue weighted by Gasteiger charge is -2.01. The van der Waals surface area contributed by atoms with Crippen molar-refractivity contribution >= 4 is 11.0 Å². The molecular weight excluding hydrogens is 190 g/mol. The Morgan fingerprint density at radius 3 is 2.73 bits per heavy atom. The maximum Gasteiger partial charge on any atom is 0.137 e. The molecule has 2 rings (SSSR count). The van der Waals surface area contributed by atoms with Crippen LogP contribution in [0.1, 0.15) is 23.1 Å². The Hall–Kier alpha value is -1.39. The van der Waals surface area contributed by atoms with Crippen LogP contribution in [0.15, 0.2) is 12.1 Å². The second-order valence-corrected chi connectivity index (χ2v) is 3.83. The fraction of sp³-hybridized carbons (Fsp3) is 0.364. The van der Waals surface area contributed by atoms with Crippen LogP contribution in [0.3, 0.4) is 0 Å². The summed E-state index contributed by atoms with van der Waals surface area (Å²) in [6, 6.07) is 4.04. The lowest BCUT2D eigenvalue weighted by molar-refractivity contribution is 0.178. The number of aryl methyl sites for hydroxylation is 2. The van der Waals surface area contributed by atoms with Crippen molar-refractivity contribution in [1.29, 1.82) is 0 Å². The van der Waals surface area contributed by atoms with Gasteiger partial charge in [-0.25, -0.2) is 4.98 Å². The van der Waals surface area contributed by atoms with E-state index in [2.05, 4.69) is 16.9 Å². The molecule has 0 aliphatic heterocycles. The van der Waals surface area contributed by atoms with Gasteiger partial charge in [0.2, 0.25) is 0 Å². The molecule has 1 heterocycles. The molecule has 0 bridgehead atoms. The molecule has 0 amide bonds. The van der Waals surface area contributed by atoms with Gasteiger partial charge in [0, 0.05) is 6.54 Å². The summed E-state index contributed by atoms with van der Waals surface area (Å²) in [7, 11) is 0. The van der Waals surface area contributed by atoms with Crippen LogP contribution in [0.5, 0.6) is 0 Å². The van der Waals surface area contributed by atoms with E-state index < -0.39 is 6.10 Å². The number of nitrogens with one attached hydrogen (secondary N) is 1. The molecule has 0 saturated carbocycles. The van der Waals surface area contributed by atoms with E-state index in [1.807, 2.05) is 19.1 Å². The number of hydrogen-bond acceptors (Lipinski definition) is 3. The lowest BCUT2D eigenvalue weighted by Crippen LogP contribution is -2.12. The van der Waals surface area contributed by atoms with Crippen LogP contribution in [0.4, 0.5) is 0 Å². The Bertz CT molecular complexity index is 451. The zero-order valence-electron chi connectivity index (χ0n) is 8.91. The number of benzene rings is 1. The van der Waals surface area contributed by atoms with Gasteiger partial charge < -0.3 is 15.8 Å². The number of nitrogens with two attached hydrogens (primary N) is 1. The molecule has 0 fully saturated rings. The smallest absolute Gasteiger partial charge is 0.137 e. The van der Waals surface area contributed by atoms with Gasteiger partial charge in [0.05, 0.1) is 11.0 Å². The topological polar surface area (TPSA) is 74.9 Å². The van der Waals surface area contributed by atoms with E-state index in [9.17, 15) is 5.11 Å². The number of imidazole rings is 1. The SMILES string of the molecule is Cc1cc2nc(C(O)CN)[nH]c2cc1C. The number of aliphatic hydroxyl groups excluding tert-OH is 1. The highest BCUT2D eigenvalue weighted by Crippen LogP contribution is 2.19. The zero-order valence-corrected chi connectivity index (χ0v) is 8.91. The molecule has 0 aliphatic carbocycles. The van der Waals surface area contributed by atoms with Gasteiger partial charge in [0.25, 0.3) is 0 Å². The molecular formula is C11H15N3O. The predicted molar refractivity (Wildman–Crippen MR) is 59.6 cm³/mol. The van der Waals surface area contributed by atoms with Crippen LogP contribution in [-0.2, 0) is 0 Å². The van der Waals surface area contributed by atoms with Gasteiger partial charge in [0.1, 0.15) is 11.9 Å². The van der Waals surface area contributed by atoms with E-state index in [-0.39, 0.29) is 6.54 Å². The third-order valence-corrected chi connectivity index (χ3v) is 2.65. The summed E-state index contributed by atoms with van der Waals surface area (Å²) in [6.07, 6.45) is -0.710. The van der Waals surface area contributed by atoms with Crippen molar-refractivity contribution in [2.75, 3.05) is 6.54 Å². The third kappa shape index (κ3) is 1.73. The quantitative estimate of drug-likeness (QED) is 0.689. The van der Waals surface area contributed by atoms with Crippen LogP contribution in [0, 0.1) is 13.8 Å². The summed E-state index contributed by atoms with van der Waals surface area (Å²) < 4.78 is 0. The molecule has 15 heavy (non-hydrogen) atoms. The van der Waals surface area contributed by atoms with Crippen LogP contribution in [-0.4, -0.2) is 21.6 Å². The first-order valence-electron chi connectivity index (χ1n) is 4.97.